The molecule has 2 N–H and O–H groups in total. The minimum Gasteiger partial charge on any atom is -0.322 e. The molecule has 1 aromatic heterocycles. The highest BCUT2D eigenvalue weighted by atomic mass is 15.3. The molecule has 0 aliphatic carbocycles. The van der Waals surface area contributed by atoms with Crippen molar-refractivity contribution in [3.05, 3.63) is 52.3 Å². The molecule has 19 heavy (non-hydrogen) atoms. The zero-order valence-corrected chi connectivity index (χ0v) is 12.3. The summed E-state index contributed by atoms with van der Waals surface area (Å²) in [5.41, 5.74) is 12.4. The van der Waals surface area contributed by atoms with E-state index in [1.54, 1.807) is 0 Å². The second kappa shape index (κ2) is 5.57. The zero-order chi connectivity index (χ0) is 14.0. The van der Waals surface area contributed by atoms with E-state index in [0.717, 1.165) is 24.2 Å². The number of nitrogens with zero attached hydrogens (tertiary/aromatic N) is 2. The number of aromatic nitrogens is 2. The minimum absolute atomic E-state index is 0.000926. The first-order chi connectivity index (χ1) is 8.99. The maximum Gasteiger partial charge on any atom is 0.0625 e. The summed E-state index contributed by atoms with van der Waals surface area (Å²) in [7, 11) is 1.97. The van der Waals surface area contributed by atoms with Gasteiger partial charge in [-0.1, -0.05) is 36.2 Å². The quantitative estimate of drug-likeness (QED) is 0.915. The van der Waals surface area contributed by atoms with Crippen molar-refractivity contribution in [2.24, 2.45) is 12.8 Å². The standard InChI is InChI=1S/C16H23N3/c1-5-14-10-16(19(4)18-14)15(17)9-13-7-11(2)6-12(3)8-13/h6-8,10,15H,5,9,17H2,1-4H3. The molecule has 0 aliphatic heterocycles. The van der Waals surface area contributed by atoms with E-state index in [2.05, 4.69) is 50.1 Å². The van der Waals surface area contributed by atoms with Crippen molar-refractivity contribution < 1.29 is 0 Å². The highest BCUT2D eigenvalue weighted by Crippen LogP contribution is 2.19. The molecule has 1 heterocycles. The molecule has 0 saturated carbocycles. The van der Waals surface area contributed by atoms with Crippen molar-refractivity contribution >= 4 is 0 Å². The van der Waals surface area contributed by atoms with Crippen LogP contribution < -0.4 is 5.73 Å². The van der Waals surface area contributed by atoms with E-state index in [1.807, 2.05) is 11.7 Å². The largest absolute Gasteiger partial charge is 0.322 e. The van der Waals surface area contributed by atoms with Crippen molar-refractivity contribution in [3.8, 4) is 0 Å². The molecular weight excluding hydrogens is 234 g/mol. The molecular formula is C16H23N3. The normalized spacial score (nSPS) is 12.7. The summed E-state index contributed by atoms with van der Waals surface area (Å²) in [6.45, 7) is 6.37. The molecule has 3 heteroatoms. The fourth-order valence-electron chi connectivity index (χ4n) is 2.61. The third-order valence-electron chi connectivity index (χ3n) is 3.45. The van der Waals surface area contributed by atoms with E-state index >= 15 is 0 Å². The maximum atomic E-state index is 6.34. The van der Waals surface area contributed by atoms with Gasteiger partial charge < -0.3 is 5.73 Å². The fraction of sp³-hybridized carbons (Fsp3) is 0.438. The Morgan fingerprint density at radius 2 is 1.79 bits per heavy atom. The van der Waals surface area contributed by atoms with Crippen LogP contribution in [0.2, 0.25) is 0 Å². The Morgan fingerprint density at radius 1 is 1.16 bits per heavy atom. The first-order valence-corrected chi connectivity index (χ1v) is 6.85. The molecule has 1 unspecified atom stereocenters. The van der Waals surface area contributed by atoms with Crippen LogP contribution in [0.15, 0.2) is 24.3 Å². The lowest BCUT2D eigenvalue weighted by atomic mass is 10.00. The second-order valence-electron chi connectivity index (χ2n) is 5.34. The van der Waals surface area contributed by atoms with Crippen LogP contribution in [0.4, 0.5) is 0 Å². The van der Waals surface area contributed by atoms with Gasteiger partial charge in [-0.05, 0) is 38.3 Å². The Kier molecular flexibility index (Phi) is 4.05. The number of nitrogens with two attached hydrogens (primary N) is 1. The van der Waals surface area contributed by atoms with Gasteiger partial charge in [0, 0.05) is 7.05 Å². The van der Waals surface area contributed by atoms with Crippen molar-refractivity contribution in [1.29, 1.82) is 0 Å². The highest BCUT2D eigenvalue weighted by molar-refractivity contribution is 5.30. The molecule has 1 atom stereocenters. The molecule has 0 amide bonds. The summed E-state index contributed by atoms with van der Waals surface area (Å²) in [5, 5.41) is 4.46. The van der Waals surface area contributed by atoms with Gasteiger partial charge in [0.1, 0.15) is 0 Å². The molecule has 0 radical (unpaired) electrons. The Morgan fingerprint density at radius 3 is 2.32 bits per heavy atom. The molecule has 0 spiro atoms. The fourth-order valence-corrected chi connectivity index (χ4v) is 2.61. The van der Waals surface area contributed by atoms with Crippen molar-refractivity contribution in [2.75, 3.05) is 0 Å². The van der Waals surface area contributed by atoms with Crippen molar-refractivity contribution in [3.63, 3.8) is 0 Å². The Balaban J connectivity index is 2.20. The summed E-state index contributed by atoms with van der Waals surface area (Å²) in [4.78, 5) is 0. The van der Waals surface area contributed by atoms with Gasteiger partial charge in [0.2, 0.25) is 0 Å². The summed E-state index contributed by atoms with van der Waals surface area (Å²) in [6, 6.07) is 8.73. The van der Waals surface area contributed by atoms with Gasteiger partial charge in [-0.25, -0.2) is 0 Å². The van der Waals surface area contributed by atoms with Gasteiger partial charge in [-0.15, -0.1) is 0 Å². The van der Waals surface area contributed by atoms with E-state index in [9.17, 15) is 0 Å². The van der Waals surface area contributed by atoms with Gasteiger partial charge in [0.15, 0.2) is 0 Å². The van der Waals surface area contributed by atoms with Crippen LogP contribution in [0.3, 0.4) is 0 Å². The number of hydrogen-bond acceptors (Lipinski definition) is 2. The average molecular weight is 257 g/mol. The van der Waals surface area contributed by atoms with Crippen molar-refractivity contribution in [2.45, 2.75) is 39.7 Å². The van der Waals surface area contributed by atoms with E-state index in [0.29, 0.717) is 0 Å². The number of rotatable bonds is 4. The molecule has 0 saturated heterocycles. The molecule has 0 bridgehead atoms. The van der Waals surface area contributed by atoms with Crippen molar-refractivity contribution in [1.82, 2.24) is 9.78 Å². The van der Waals surface area contributed by atoms with Crippen LogP contribution in [-0.2, 0) is 19.9 Å². The summed E-state index contributed by atoms with van der Waals surface area (Å²) in [6.07, 6.45) is 1.80. The van der Waals surface area contributed by atoms with Gasteiger partial charge in [0.25, 0.3) is 0 Å². The lowest BCUT2D eigenvalue weighted by molar-refractivity contribution is 0.614. The third kappa shape index (κ3) is 3.24. The maximum absolute atomic E-state index is 6.34. The number of hydrogen-bond donors (Lipinski definition) is 1. The SMILES string of the molecule is CCc1cc(C(N)Cc2cc(C)cc(C)c2)n(C)n1. The van der Waals surface area contributed by atoms with Crippen LogP contribution in [0.25, 0.3) is 0 Å². The topological polar surface area (TPSA) is 43.8 Å². The molecule has 0 fully saturated rings. The molecule has 3 nitrogen and oxygen atoms in total. The van der Waals surface area contributed by atoms with Gasteiger partial charge in [-0.3, -0.25) is 4.68 Å². The molecule has 1 aromatic carbocycles. The van der Waals surface area contributed by atoms with Crippen LogP contribution in [0.1, 0.15) is 41.0 Å². The highest BCUT2D eigenvalue weighted by Gasteiger charge is 2.13. The first-order valence-electron chi connectivity index (χ1n) is 6.85. The zero-order valence-electron chi connectivity index (χ0n) is 12.3. The predicted molar refractivity (Wildman–Crippen MR) is 79.1 cm³/mol. The second-order valence-corrected chi connectivity index (χ2v) is 5.34. The molecule has 102 valence electrons. The summed E-state index contributed by atoms with van der Waals surface area (Å²) in [5.74, 6) is 0. The van der Waals surface area contributed by atoms with Crippen LogP contribution in [0.5, 0.6) is 0 Å². The molecule has 2 rings (SSSR count). The molecule has 0 aliphatic rings. The molecule has 2 aromatic rings. The van der Waals surface area contributed by atoms with Crippen LogP contribution >= 0.6 is 0 Å². The van der Waals surface area contributed by atoms with Crippen LogP contribution in [0, 0.1) is 13.8 Å². The minimum atomic E-state index is -0.000926. The van der Waals surface area contributed by atoms with Gasteiger partial charge >= 0.3 is 0 Å². The predicted octanol–water partition coefficient (Wildman–Crippen LogP) is 2.84. The monoisotopic (exact) mass is 257 g/mol. The Hall–Kier alpha value is -1.61. The first kappa shape index (κ1) is 13.8. The van der Waals surface area contributed by atoms with Gasteiger partial charge in [0.05, 0.1) is 17.4 Å². The van der Waals surface area contributed by atoms with E-state index < -0.39 is 0 Å². The Labute approximate surface area is 115 Å². The van der Waals surface area contributed by atoms with Crippen LogP contribution in [-0.4, -0.2) is 9.78 Å². The third-order valence-corrected chi connectivity index (χ3v) is 3.45. The van der Waals surface area contributed by atoms with E-state index in [-0.39, 0.29) is 6.04 Å². The smallest absolute Gasteiger partial charge is 0.0625 e. The number of benzene rings is 1. The lowest BCUT2D eigenvalue weighted by Crippen LogP contribution is -2.17. The lowest BCUT2D eigenvalue weighted by Gasteiger charge is -2.13. The summed E-state index contributed by atoms with van der Waals surface area (Å²) < 4.78 is 1.91. The van der Waals surface area contributed by atoms with Gasteiger partial charge in [-0.2, -0.15) is 5.10 Å². The average Bonchev–Trinajstić information content (AvgIpc) is 2.69. The van der Waals surface area contributed by atoms with E-state index in [4.69, 9.17) is 5.73 Å². The summed E-state index contributed by atoms with van der Waals surface area (Å²) >= 11 is 0. The van der Waals surface area contributed by atoms with E-state index in [1.165, 1.54) is 16.7 Å². The Bertz CT molecular complexity index is 549. The number of aryl methyl sites for hydroxylation is 4.